The topological polar surface area (TPSA) is 26.3 Å². The maximum absolute atomic E-state index is 11.2. The van der Waals surface area contributed by atoms with E-state index < -0.39 is 0 Å². The molecule has 0 saturated heterocycles. The molecule has 0 aromatic heterocycles. The van der Waals surface area contributed by atoms with E-state index in [1.54, 1.807) is 6.92 Å². The van der Waals surface area contributed by atoms with E-state index in [0.717, 1.165) is 23.1 Å². The van der Waals surface area contributed by atoms with Gasteiger partial charge in [0, 0.05) is 15.8 Å². The molecule has 0 aliphatic rings. The van der Waals surface area contributed by atoms with Crippen LogP contribution < -0.4 is 0 Å². The molecule has 0 saturated carbocycles. The molecule has 0 aromatic carbocycles. The summed E-state index contributed by atoms with van der Waals surface area (Å²) in [6.45, 7) is 5.78. The maximum Gasteiger partial charge on any atom is 0.333 e. The summed E-state index contributed by atoms with van der Waals surface area (Å²) in [5, 5.41) is 0. The van der Waals surface area contributed by atoms with E-state index in [9.17, 15) is 4.79 Å². The predicted molar refractivity (Wildman–Crippen MR) is 107 cm³/mol. The second kappa shape index (κ2) is 13.8. The number of halogens is 2. The van der Waals surface area contributed by atoms with Crippen molar-refractivity contribution in [3.05, 3.63) is 12.2 Å². The summed E-state index contributed by atoms with van der Waals surface area (Å²) in [4.78, 5) is 11.2. The third kappa shape index (κ3) is 16.8. The lowest BCUT2D eigenvalue weighted by molar-refractivity contribution is -0.139. The molecule has 0 N–H and O–H groups in total. The molecule has 22 heavy (non-hydrogen) atoms. The molecule has 0 bridgehead atoms. The third-order valence-electron chi connectivity index (χ3n) is 3.59. The Morgan fingerprint density at radius 3 is 1.77 bits per heavy atom. The van der Waals surface area contributed by atoms with Crippen molar-refractivity contribution in [3.63, 3.8) is 0 Å². The first-order valence-electron chi connectivity index (χ1n) is 8.53. The molecule has 0 radical (unpaired) electrons. The smallest absolute Gasteiger partial charge is 0.333 e. The molecule has 0 amide bonds. The van der Waals surface area contributed by atoms with Gasteiger partial charge in [-0.2, -0.15) is 0 Å². The summed E-state index contributed by atoms with van der Waals surface area (Å²) in [5.74, 6) is -0.262. The van der Waals surface area contributed by atoms with Crippen LogP contribution in [0.5, 0.6) is 0 Å². The van der Waals surface area contributed by atoms with Crippen LogP contribution in [0.1, 0.15) is 77.6 Å². The van der Waals surface area contributed by atoms with Crippen molar-refractivity contribution in [2.45, 2.75) is 80.4 Å². The highest BCUT2D eigenvalue weighted by Crippen LogP contribution is 2.28. The number of esters is 1. The van der Waals surface area contributed by atoms with Crippen molar-refractivity contribution in [2.24, 2.45) is 0 Å². The summed E-state index contributed by atoms with van der Waals surface area (Å²) < 4.78 is 5.33. The average molecular weight is 456 g/mol. The van der Waals surface area contributed by atoms with Gasteiger partial charge in [0.2, 0.25) is 0 Å². The van der Waals surface area contributed by atoms with Gasteiger partial charge in [0.15, 0.2) is 0 Å². The number of hydrogen-bond acceptors (Lipinski definition) is 2. The summed E-state index contributed by atoms with van der Waals surface area (Å²) in [6.07, 6.45) is 14.0. The molecule has 0 unspecified atom stereocenters. The number of unbranched alkanes of at least 4 members (excludes halogenated alkanes) is 9. The molecule has 130 valence electrons. The highest BCUT2D eigenvalue weighted by Gasteiger charge is 2.13. The van der Waals surface area contributed by atoms with Crippen molar-refractivity contribution in [2.75, 3.05) is 6.61 Å². The fourth-order valence-electron chi connectivity index (χ4n) is 2.24. The van der Waals surface area contributed by atoms with Gasteiger partial charge in [-0.25, -0.2) is 4.79 Å². The van der Waals surface area contributed by atoms with E-state index in [2.05, 4.69) is 38.4 Å². The number of ether oxygens (including phenoxy) is 1. The van der Waals surface area contributed by atoms with Gasteiger partial charge in [-0.05, 0) is 19.8 Å². The van der Waals surface area contributed by atoms with Crippen molar-refractivity contribution in [1.82, 2.24) is 0 Å². The second-order valence-corrected chi connectivity index (χ2v) is 15.5. The second-order valence-electron chi connectivity index (χ2n) is 6.27. The molecule has 0 fully saturated rings. The lowest BCUT2D eigenvalue weighted by Crippen LogP contribution is -2.09. The van der Waals surface area contributed by atoms with Crippen molar-refractivity contribution in [3.8, 4) is 0 Å². The predicted octanol–water partition coefficient (Wildman–Crippen LogP) is 5.21. The number of hydrogen-bond donors (Lipinski definition) is 0. The van der Waals surface area contributed by atoms with Crippen molar-refractivity contribution in [1.29, 1.82) is 0 Å². The Bertz CT molecular complexity index is 314. The lowest BCUT2D eigenvalue weighted by atomic mass is 10.1. The highest BCUT2D eigenvalue weighted by molar-refractivity contribution is 9.26. The minimum Gasteiger partial charge on any atom is -0.462 e. The Kier molecular flexibility index (Phi) is 14.0. The van der Waals surface area contributed by atoms with Crippen LogP contribution in [0.15, 0.2) is 12.2 Å². The van der Waals surface area contributed by atoms with Crippen molar-refractivity contribution >= 4 is 48.1 Å². The molecular formula is C17H32Br2O2Si. The van der Waals surface area contributed by atoms with Gasteiger partial charge in [-0.15, -0.1) is 0 Å². The van der Waals surface area contributed by atoms with Gasteiger partial charge in [-0.3, -0.25) is 0 Å². The van der Waals surface area contributed by atoms with Gasteiger partial charge >= 0.3 is 5.97 Å². The zero-order valence-electron chi connectivity index (χ0n) is 14.3. The van der Waals surface area contributed by atoms with Crippen LogP contribution in [0, 0.1) is 0 Å². The molecule has 2 nitrogen and oxygen atoms in total. The first-order chi connectivity index (χ1) is 10.3. The van der Waals surface area contributed by atoms with Crippen LogP contribution >= 0.6 is 31.9 Å². The van der Waals surface area contributed by atoms with E-state index in [1.807, 2.05) is 0 Å². The number of carbonyl (C=O) groups excluding carboxylic acids is 1. The zero-order valence-corrected chi connectivity index (χ0v) is 19.4. The first kappa shape index (κ1) is 22.4. The van der Waals surface area contributed by atoms with Crippen molar-refractivity contribution < 1.29 is 9.53 Å². The van der Waals surface area contributed by atoms with Crippen LogP contribution in [0.3, 0.4) is 0 Å². The van der Waals surface area contributed by atoms with Gasteiger partial charge in [-0.1, -0.05) is 96.2 Å². The Morgan fingerprint density at radius 1 is 0.955 bits per heavy atom. The summed E-state index contributed by atoms with van der Waals surface area (Å²) >= 11 is 7.34. The van der Waals surface area contributed by atoms with E-state index in [0.29, 0.717) is 12.2 Å². The summed E-state index contributed by atoms with van der Waals surface area (Å²) in [6, 6.07) is 0. The molecular weight excluding hydrogens is 424 g/mol. The van der Waals surface area contributed by atoms with Crippen LogP contribution in [0.4, 0.5) is 0 Å². The van der Waals surface area contributed by atoms with E-state index in [-0.39, 0.29) is 8.83 Å². The monoisotopic (exact) mass is 454 g/mol. The molecule has 5 heteroatoms. The normalized spacial score (nSPS) is 11.6. The maximum atomic E-state index is 11.2. The van der Waals surface area contributed by atoms with Gasteiger partial charge in [0.1, 0.15) is 0 Å². The van der Waals surface area contributed by atoms with Crippen LogP contribution in [0.25, 0.3) is 0 Å². The van der Waals surface area contributed by atoms with E-state index in [1.165, 1.54) is 57.8 Å². The first-order valence-corrected chi connectivity index (χ1v) is 11.1. The number of rotatable bonds is 14. The van der Waals surface area contributed by atoms with Gasteiger partial charge < -0.3 is 4.74 Å². The quantitative estimate of drug-likeness (QED) is 0.118. The minimum atomic E-state index is -0.262. The molecule has 0 aliphatic carbocycles. The molecule has 0 heterocycles. The van der Waals surface area contributed by atoms with Crippen LogP contribution in [0.2, 0.25) is 0 Å². The standard InChI is InChI=1S/C17H32Br2O2Si/c1-15(2)16(20)21-14-12-10-8-6-4-3-5-7-9-11-13-17(18,19)22/h1,3-14H2,2,22H3. The van der Waals surface area contributed by atoms with E-state index >= 15 is 0 Å². The Hall–Kier alpha value is 0.387. The molecule has 0 aromatic rings. The molecule has 0 aliphatic heterocycles. The lowest BCUT2D eigenvalue weighted by Gasteiger charge is -2.13. The van der Waals surface area contributed by atoms with E-state index in [4.69, 9.17) is 4.74 Å². The third-order valence-corrected chi connectivity index (χ3v) is 4.88. The Balaban J connectivity index is 3.15. The van der Waals surface area contributed by atoms with Crippen LogP contribution in [-0.4, -0.2) is 25.7 Å². The minimum absolute atomic E-state index is 0.262. The Morgan fingerprint density at radius 2 is 1.36 bits per heavy atom. The Labute approximate surface area is 156 Å². The highest BCUT2D eigenvalue weighted by atomic mass is 79.9. The SMILES string of the molecule is C=C(C)C(=O)OCCCCCCCCCCCCC([SiH3])(Br)Br. The summed E-state index contributed by atoms with van der Waals surface area (Å²) in [7, 11) is 1.15. The molecule has 0 rings (SSSR count). The molecule has 0 atom stereocenters. The van der Waals surface area contributed by atoms with Crippen LogP contribution in [-0.2, 0) is 9.53 Å². The number of carbonyl (C=O) groups is 1. The fraction of sp³-hybridized carbons (Fsp3) is 0.824. The van der Waals surface area contributed by atoms with Gasteiger partial charge in [0.25, 0.3) is 0 Å². The zero-order chi connectivity index (χ0) is 16.8. The summed E-state index contributed by atoms with van der Waals surface area (Å²) in [5.41, 5.74) is 0.485. The number of alkyl halides is 2. The largest absolute Gasteiger partial charge is 0.462 e. The molecule has 0 spiro atoms. The fourth-order valence-corrected chi connectivity index (χ4v) is 3.15. The van der Waals surface area contributed by atoms with Gasteiger partial charge in [0.05, 0.1) is 9.46 Å². The average Bonchev–Trinajstić information content (AvgIpc) is 2.42.